The smallest absolute Gasteiger partial charge is 0.0365 e. The van der Waals surface area contributed by atoms with E-state index in [2.05, 4.69) is 25.7 Å². The molecule has 3 atom stereocenters. The van der Waals surface area contributed by atoms with Crippen molar-refractivity contribution in [1.82, 2.24) is 4.90 Å². The summed E-state index contributed by atoms with van der Waals surface area (Å²) in [4.78, 5) is 2.78. The molecule has 2 heterocycles. The lowest BCUT2D eigenvalue weighted by Crippen LogP contribution is -2.48. The van der Waals surface area contributed by atoms with E-state index in [-0.39, 0.29) is 0 Å². The molecule has 2 aliphatic rings. The normalized spacial score (nSPS) is 38.6. The molecule has 0 aromatic carbocycles. The van der Waals surface area contributed by atoms with Crippen LogP contribution in [-0.4, -0.2) is 28.4 Å². The van der Waals surface area contributed by atoms with Crippen LogP contribution in [0.2, 0.25) is 0 Å². The molecule has 0 spiro atoms. The molecule has 2 aliphatic heterocycles. The summed E-state index contributed by atoms with van der Waals surface area (Å²) in [5.41, 5.74) is 0. The first kappa shape index (κ1) is 11.7. The predicted octanol–water partition coefficient (Wildman–Crippen LogP) is 3.66. The van der Waals surface area contributed by atoms with Crippen molar-refractivity contribution in [3.8, 4) is 0 Å². The van der Waals surface area contributed by atoms with Crippen LogP contribution in [0.3, 0.4) is 0 Å². The number of halogens is 1. The highest BCUT2D eigenvalue weighted by Gasteiger charge is 2.41. The summed E-state index contributed by atoms with van der Waals surface area (Å²) < 4.78 is 0. The molecule has 0 aromatic rings. The summed E-state index contributed by atoms with van der Waals surface area (Å²) in [5.74, 6) is 0.813. The highest BCUT2D eigenvalue weighted by molar-refractivity contribution is 6.20. The largest absolute Gasteiger partial charge is 0.295 e. The molecule has 2 bridgehead atoms. The first-order valence-electron chi connectivity index (χ1n) is 6.49. The highest BCUT2D eigenvalue weighted by atomic mass is 35.5. The van der Waals surface area contributed by atoms with E-state index in [1.54, 1.807) is 0 Å². The van der Waals surface area contributed by atoms with Crippen molar-refractivity contribution < 1.29 is 0 Å². The lowest BCUT2D eigenvalue weighted by molar-refractivity contribution is 0.0858. The maximum Gasteiger partial charge on any atom is 0.0365 e. The first-order valence-corrected chi connectivity index (χ1v) is 6.93. The zero-order valence-electron chi connectivity index (χ0n) is 10.2. The third-order valence-electron chi connectivity index (χ3n) is 4.05. The van der Waals surface area contributed by atoms with Crippen LogP contribution >= 0.6 is 11.6 Å². The molecule has 2 rings (SSSR count). The molecule has 2 heteroatoms. The Balaban J connectivity index is 1.98. The average Bonchev–Trinajstić information content (AvgIpc) is 2.38. The molecule has 0 radical (unpaired) electrons. The Morgan fingerprint density at radius 1 is 1.13 bits per heavy atom. The Bertz CT molecular complexity index is 203. The van der Waals surface area contributed by atoms with Crippen molar-refractivity contribution in [3.05, 3.63) is 0 Å². The second kappa shape index (κ2) is 4.63. The summed E-state index contributed by atoms with van der Waals surface area (Å²) in [7, 11) is 0. The fourth-order valence-corrected chi connectivity index (χ4v) is 4.08. The van der Waals surface area contributed by atoms with Crippen molar-refractivity contribution in [2.75, 3.05) is 0 Å². The van der Waals surface area contributed by atoms with Crippen LogP contribution in [0.4, 0.5) is 0 Å². The van der Waals surface area contributed by atoms with E-state index < -0.39 is 0 Å². The Labute approximate surface area is 99.2 Å². The van der Waals surface area contributed by atoms with Gasteiger partial charge in [-0.25, -0.2) is 0 Å². The zero-order chi connectivity index (χ0) is 11.0. The lowest BCUT2D eigenvalue weighted by atomic mass is 9.96. The van der Waals surface area contributed by atoms with Crippen LogP contribution in [-0.2, 0) is 0 Å². The summed E-state index contributed by atoms with van der Waals surface area (Å²) in [6.07, 6.45) is 6.55. The maximum atomic E-state index is 6.30. The molecule has 0 saturated carbocycles. The predicted molar refractivity (Wildman–Crippen MR) is 66.4 cm³/mol. The number of nitrogens with zero attached hydrogens (tertiary/aromatic N) is 1. The molecule has 15 heavy (non-hydrogen) atoms. The molecule has 88 valence electrons. The van der Waals surface area contributed by atoms with E-state index >= 15 is 0 Å². The van der Waals surface area contributed by atoms with Gasteiger partial charge in [-0.1, -0.05) is 13.8 Å². The number of piperidine rings is 1. The fraction of sp³-hybridized carbons (Fsp3) is 1.00. The van der Waals surface area contributed by atoms with Gasteiger partial charge in [0, 0.05) is 23.5 Å². The second-order valence-corrected chi connectivity index (χ2v) is 6.50. The van der Waals surface area contributed by atoms with E-state index in [1.807, 2.05) is 0 Å². The summed E-state index contributed by atoms with van der Waals surface area (Å²) in [6.45, 7) is 7.05. The number of alkyl halides is 1. The first-order chi connectivity index (χ1) is 7.08. The topological polar surface area (TPSA) is 3.24 Å². The molecular formula is C13H24ClN. The van der Waals surface area contributed by atoms with Gasteiger partial charge in [-0.15, -0.1) is 11.6 Å². The zero-order valence-corrected chi connectivity index (χ0v) is 11.0. The fourth-order valence-electron chi connectivity index (χ4n) is 3.67. The van der Waals surface area contributed by atoms with Gasteiger partial charge in [0.15, 0.2) is 0 Å². The van der Waals surface area contributed by atoms with E-state index in [1.165, 1.54) is 32.1 Å². The standard InChI is InChI=1S/C13H24ClN/c1-9(2)6-10(3)15-12-4-5-13(15)8-11(14)7-12/h9-13H,4-8H2,1-3H3. The van der Waals surface area contributed by atoms with E-state index in [0.29, 0.717) is 5.38 Å². The van der Waals surface area contributed by atoms with Gasteiger partial charge in [0.25, 0.3) is 0 Å². The molecule has 3 unspecified atom stereocenters. The summed E-state index contributed by atoms with van der Waals surface area (Å²) in [5, 5.41) is 0.449. The molecule has 1 nitrogen and oxygen atoms in total. The molecule has 0 aliphatic carbocycles. The van der Waals surface area contributed by atoms with Crippen LogP contribution in [0, 0.1) is 5.92 Å². The summed E-state index contributed by atoms with van der Waals surface area (Å²) in [6, 6.07) is 2.34. The van der Waals surface area contributed by atoms with Gasteiger partial charge in [-0.2, -0.15) is 0 Å². The third kappa shape index (κ3) is 2.50. The maximum absolute atomic E-state index is 6.30. The van der Waals surface area contributed by atoms with Crippen LogP contribution in [0.1, 0.15) is 52.9 Å². The number of hydrogen-bond acceptors (Lipinski definition) is 1. The van der Waals surface area contributed by atoms with Crippen molar-refractivity contribution >= 4 is 11.6 Å². The van der Waals surface area contributed by atoms with Crippen LogP contribution in [0.15, 0.2) is 0 Å². The molecule has 0 aromatic heterocycles. The van der Waals surface area contributed by atoms with Crippen molar-refractivity contribution in [2.45, 2.75) is 76.4 Å². The SMILES string of the molecule is CC(C)CC(C)N1C2CCC1CC(Cl)C2. The number of fused-ring (bicyclic) bond motifs is 2. The van der Waals surface area contributed by atoms with Crippen molar-refractivity contribution in [3.63, 3.8) is 0 Å². The monoisotopic (exact) mass is 229 g/mol. The number of hydrogen-bond donors (Lipinski definition) is 0. The molecule has 2 fully saturated rings. The second-order valence-electron chi connectivity index (χ2n) is 5.88. The highest BCUT2D eigenvalue weighted by Crippen LogP contribution is 2.39. The van der Waals surface area contributed by atoms with Gasteiger partial charge >= 0.3 is 0 Å². The van der Waals surface area contributed by atoms with Crippen LogP contribution < -0.4 is 0 Å². The van der Waals surface area contributed by atoms with Gasteiger partial charge < -0.3 is 0 Å². The van der Waals surface area contributed by atoms with Crippen molar-refractivity contribution in [1.29, 1.82) is 0 Å². The van der Waals surface area contributed by atoms with Gasteiger partial charge in [-0.05, 0) is 44.9 Å². The van der Waals surface area contributed by atoms with E-state index in [0.717, 1.165) is 24.0 Å². The third-order valence-corrected chi connectivity index (χ3v) is 4.41. The molecule has 0 amide bonds. The molecule has 2 saturated heterocycles. The minimum absolute atomic E-state index is 0.449. The van der Waals surface area contributed by atoms with E-state index in [4.69, 9.17) is 11.6 Å². The van der Waals surface area contributed by atoms with Crippen molar-refractivity contribution in [2.24, 2.45) is 5.92 Å². The molecular weight excluding hydrogens is 206 g/mol. The quantitative estimate of drug-likeness (QED) is 0.668. The van der Waals surface area contributed by atoms with Crippen LogP contribution in [0.5, 0.6) is 0 Å². The van der Waals surface area contributed by atoms with Crippen LogP contribution in [0.25, 0.3) is 0 Å². The minimum atomic E-state index is 0.449. The average molecular weight is 230 g/mol. The van der Waals surface area contributed by atoms with Gasteiger partial charge in [-0.3, -0.25) is 4.90 Å². The Morgan fingerprint density at radius 2 is 1.67 bits per heavy atom. The Morgan fingerprint density at radius 3 is 2.13 bits per heavy atom. The van der Waals surface area contributed by atoms with Gasteiger partial charge in [0.2, 0.25) is 0 Å². The lowest BCUT2D eigenvalue weighted by Gasteiger charge is -2.41. The Hall–Kier alpha value is 0.250. The van der Waals surface area contributed by atoms with E-state index in [9.17, 15) is 0 Å². The summed E-state index contributed by atoms with van der Waals surface area (Å²) >= 11 is 6.30. The van der Waals surface area contributed by atoms with Gasteiger partial charge in [0.1, 0.15) is 0 Å². The van der Waals surface area contributed by atoms with Gasteiger partial charge in [0.05, 0.1) is 0 Å². The minimum Gasteiger partial charge on any atom is -0.295 e. The molecule has 0 N–H and O–H groups in total. The Kier molecular flexibility index (Phi) is 3.62. The number of rotatable bonds is 3.